The number of amides is 1. The Morgan fingerprint density at radius 1 is 1.62 bits per heavy atom. The lowest BCUT2D eigenvalue weighted by atomic mass is 10.1. The van der Waals surface area contributed by atoms with Gasteiger partial charge in [0, 0.05) is 12.6 Å². The fourth-order valence-corrected chi connectivity index (χ4v) is 2.18. The molecule has 0 aromatic heterocycles. The molecule has 0 spiro atoms. The summed E-state index contributed by atoms with van der Waals surface area (Å²) in [5.74, 6) is -0.214. The number of rotatable bonds is 7. The molecule has 4 nitrogen and oxygen atoms in total. The minimum atomic E-state index is -0.214. The summed E-state index contributed by atoms with van der Waals surface area (Å²) in [5.41, 5.74) is 5.38. The van der Waals surface area contributed by atoms with Crippen LogP contribution in [0.15, 0.2) is 0 Å². The van der Waals surface area contributed by atoms with E-state index in [1.807, 2.05) is 6.92 Å². The number of hydrogen-bond acceptors (Lipinski definition) is 3. The van der Waals surface area contributed by atoms with Crippen molar-refractivity contribution in [1.82, 2.24) is 10.2 Å². The predicted molar refractivity (Wildman–Crippen MR) is 66.2 cm³/mol. The first kappa shape index (κ1) is 13.5. The molecule has 1 amide bonds. The Labute approximate surface area is 98.6 Å². The van der Waals surface area contributed by atoms with Gasteiger partial charge in [-0.1, -0.05) is 13.3 Å². The first-order chi connectivity index (χ1) is 7.65. The lowest BCUT2D eigenvalue weighted by molar-refractivity contribution is -0.122. The van der Waals surface area contributed by atoms with E-state index in [-0.39, 0.29) is 11.9 Å². The van der Waals surface area contributed by atoms with Crippen molar-refractivity contribution >= 4 is 5.91 Å². The number of nitrogens with one attached hydrogen (secondary N) is 1. The SMILES string of the molecule is CCCCN(CC1CCCN1)C(C)C(N)=O. The van der Waals surface area contributed by atoms with E-state index >= 15 is 0 Å². The van der Waals surface area contributed by atoms with E-state index in [1.165, 1.54) is 12.8 Å². The summed E-state index contributed by atoms with van der Waals surface area (Å²) in [5, 5.41) is 3.46. The molecule has 0 radical (unpaired) electrons. The van der Waals surface area contributed by atoms with Crippen molar-refractivity contribution in [2.45, 2.75) is 51.6 Å². The van der Waals surface area contributed by atoms with Crippen molar-refractivity contribution in [3.05, 3.63) is 0 Å². The maximum Gasteiger partial charge on any atom is 0.234 e. The van der Waals surface area contributed by atoms with Gasteiger partial charge in [0.2, 0.25) is 5.91 Å². The largest absolute Gasteiger partial charge is 0.368 e. The summed E-state index contributed by atoms with van der Waals surface area (Å²) in [4.78, 5) is 13.5. The predicted octanol–water partition coefficient (Wildman–Crippen LogP) is 0.714. The summed E-state index contributed by atoms with van der Waals surface area (Å²) < 4.78 is 0. The Balaban J connectivity index is 2.44. The average molecular weight is 227 g/mol. The molecule has 2 unspecified atom stereocenters. The van der Waals surface area contributed by atoms with Gasteiger partial charge >= 0.3 is 0 Å². The third-order valence-electron chi connectivity index (χ3n) is 3.38. The van der Waals surface area contributed by atoms with Crippen molar-refractivity contribution in [3.8, 4) is 0 Å². The first-order valence-corrected chi connectivity index (χ1v) is 6.42. The monoisotopic (exact) mass is 227 g/mol. The van der Waals surface area contributed by atoms with Crippen molar-refractivity contribution in [2.24, 2.45) is 5.73 Å². The zero-order valence-electron chi connectivity index (χ0n) is 10.5. The number of nitrogens with zero attached hydrogens (tertiary/aromatic N) is 1. The van der Waals surface area contributed by atoms with Gasteiger partial charge in [0.15, 0.2) is 0 Å². The lowest BCUT2D eigenvalue weighted by Gasteiger charge is -2.29. The molecule has 1 saturated heterocycles. The average Bonchev–Trinajstić information content (AvgIpc) is 2.75. The lowest BCUT2D eigenvalue weighted by Crippen LogP contribution is -2.48. The highest BCUT2D eigenvalue weighted by molar-refractivity contribution is 5.79. The topological polar surface area (TPSA) is 58.4 Å². The molecule has 1 aliphatic heterocycles. The summed E-state index contributed by atoms with van der Waals surface area (Å²) in [6.45, 7) is 7.11. The standard InChI is InChI=1S/C12H25N3O/c1-3-4-8-15(10(2)12(13)16)9-11-6-5-7-14-11/h10-11,14H,3-9H2,1-2H3,(H2,13,16). The third kappa shape index (κ3) is 4.10. The molecule has 94 valence electrons. The molecule has 2 atom stereocenters. The molecule has 16 heavy (non-hydrogen) atoms. The molecule has 0 saturated carbocycles. The second-order valence-electron chi connectivity index (χ2n) is 4.72. The highest BCUT2D eigenvalue weighted by Crippen LogP contribution is 2.10. The van der Waals surface area contributed by atoms with Crippen LogP contribution >= 0.6 is 0 Å². The van der Waals surface area contributed by atoms with Gasteiger partial charge in [-0.3, -0.25) is 9.69 Å². The minimum absolute atomic E-state index is 0.144. The molecule has 0 aromatic carbocycles. The number of carbonyl (C=O) groups is 1. The van der Waals surface area contributed by atoms with E-state index in [1.54, 1.807) is 0 Å². The van der Waals surface area contributed by atoms with E-state index < -0.39 is 0 Å². The van der Waals surface area contributed by atoms with Gasteiger partial charge in [-0.2, -0.15) is 0 Å². The summed E-state index contributed by atoms with van der Waals surface area (Å²) >= 11 is 0. The Morgan fingerprint density at radius 3 is 2.88 bits per heavy atom. The molecule has 3 N–H and O–H groups in total. The van der Waals surface area contributed by atoms with Gasteiger partial charge in [0.25, 0.3) is 0 Å². The van der Waals surface area contributed by atoms with Crippen LogP contribution in [0.5, 0.6) is 0 Å². The number of unbranched alkanes of at least 4 members (excludes halogenated alkanes) is 1. The van der Waals surface area contributed by atoms with E-state index in [0.29, 0.717) is 6.04 Å². The van der Waals surface area contributed by atoms with Crippen molar-refractivity contribution in [2.75, 3.05) is 19.6 Å². The number of carbonyl (C=O) groups excluding carboxylic acids is 1. The second kappa shape index (κ2) is 6.86. The van der Waals surface area contributed by atoms with Gasteiger partial charge in [-0.25, -0.2) is 0 Å². The molecule has 1 fully saturated rings. The van der Waals surface area contributed by atoms with Crippen molar-refractivity contribution in [3.63, 3.8) is 0 Å². The smallest absolute Gasteiger partial charge is 0.234 e. The summed E-state index contributed by atoms with van der Waals surface area (Å²) in [7, 11) is 0. The Morgan fingerprint density at radius 2 is 2.38 bits per heavy atom. The summed E-state index contributed by atoms with van der Waals surface area (Å²) in [6.07, 6.45) is 4.75. The Bertz CT molecular complexity index is 214. The van der Waals surface area contributed by atoms with Crippen LogP contribution in [-0.2, 0) is 4.79 Å². The van der Waals surface area contributed by atoms with Crippen molar-refractivity contribution < 1.29 is 4.79 Å². The van der Waals surface area contributed by atoms with Crippen LogP contribution < -0.4 is 11.1 Å². The number of nitrogens with two attached hydrogens (primary N) is 1. The van der Waals surface area contributed by atoms with Crippen LogP contribution in [0.25, 0.3) is 0 Å². The van der Waals surface area contributed by atoms with E-state index in [4.69, 9.17) is 5.73 Å². The van der Waals surface area contributed by atoms with E-state index in [2.05, 4.69) is 17.1 Å². The zero-order valence-corrected chi connectivity index (χ0v) is 10.5. The number of primary amides is 1. The van der Waals surface area contributed by atoms with Crippen LogP contribution in [0.4, 0.5) is 0 Å². The van der Waals surface area contributed by atoms with Crippen LogP contribution in [0.2, 0.25) is 0 Å². The van der Waals surface area contributed by atoms with Gasteiger partial charge < -0.3 is 11.1 Å². The highest BCUT2D eigenvalue weighted by atomic mass is 16.1. The fourth-order valence-electron chi connectivity index (χ4n) is 2.18. The van der Waals surface area contributed by atoms with Gasteiger partial charge in [0.05, 0.1) is 6.04 Å². The van der Waals surface area contributed by atoms with Gasteiger partial charge in [-0.15, -0.1) is 0 Å². The van der Waals surface area contributed by atoms with Gasteiger partial charge in [-0.05, 0) is 39.3 Å². The second-order valence-corrected chi connectivity index (χ2v) is 4.72. The molecule has 1 aliphatic rings. The minimum Gasteiger partial charge on any atom is -0.368 e. The normalized spacial score (nSPS) is 22.6. The summed E-state index contributed by atoms with van der Waals surface area (Å²) in [6, 6.07) is 0.396. The molecule has 1 heterocycles. The quantitative estimate of drug-likeness (QED) is 0.673. The maximum absolute atomic E-state index is 11.2. The molecule has 0 bridgehead atoms. The molecular formula is C12H25N3O. The molecule has 0 aromatic rings. The van der Waals surface area contributed by atoms with Crippen LogP contribution in [0, 0.1) is 0 Å². The molecule has 0 aliphatic carbocycles. The molecular weight excluding hydrogens is 202 g/mol. The van der Waals surface area contributed by atoms with Crippen LogP contribution in [0.3, 0.4) is 0 Å². The fraction of sp³-hybridized carbons (Fsp3) is 0.917. The van der Waals surface area contributed by atoms with Crippen molar-refractivity contribution in [1.29, 1.82) is 0 Å². The molecule has 1 rings (SSSR count). The maximum atomic E-state index is 11.2. The first-order valence-electron chi connectivity index (χ1n) is 6.42. The van der Waals surface area contributed by atoms with Crippen LogP contribution in [-0.4, -0.2) is 42.5 Å². The van der Waals surface area contributed by atoms with Gasteiger partial charge in [0.1, 0.15) is 0 Å². The number of hydrogen-bond donors (Lipinski definition) is 2. The highest BCUT2D eigenvalue weighted by Gasteiger charge is 2.23. The third-order valence-corrected chi connectivity index (χ3v) is 3.38. The molecule has 4 heteroatoms. The Kier molecular flexibility index (Phi) is 5.77. The zero-order chi connectivity index (χ0) is 12.0. The van der Waals surface area contributed by atoms with E-state index in [9.17, 15) is 4.79 Å². The Hall–Kier alpha value is -0.610. The van der Waals surface area contributed by atoms with E-state index in [0.717, 1.165) is 32.5 Å². The van der Waals surface area contributed by atoms with Crippen LogP contribution in [0.1, 0.15) is 39.5 Å².